The van der Waals surface area contributed by atoms with Crippen LogP contribution in [0.3, 0.4) is 0 Å². The minimum absolute atomic E-state index is 0.323. The van der Waals surface area contributed by atoms with E-state index in [1.54, 1.807) is 0 Å². The number of rotatable bonds is 5. The van der Waals surface area contributed by atoms with Gasteiger partial charge in [0.15, 0.2) is 0 Å². The van der Waals surface area contributed by atoms with E-state index < -0.39 is 0 Å². The van der Waals surface area contributed by atoms with Gasteiger partial charge < -0.3 is 9.47 Å². The predicted octanol–water partition coefficient (Wildman–Crippen LogP) is 2.34. The smallest absolute Gasteiger partial charge is 0.0808 e. The summed E-state index contributed by atoms with van der Waals surface area (Å²) in [6.07, 6.45) is 7.13. The molecule has 0 aromatic heterocycles. The van der Waals surface area contributed by atoms with E-state index in [9.17, 15) is 0 Å². The van der Waals surface area contributed by atoms with Crippen molar-refractivity contribution in [3.05, 3.63) is 0 Å². The lowest BCUT2D eigenvalue weighted by molar-refractivity contribution is -0.0766. The van der Waals surface area contributed by atoms with Crippen LogP contribution in [0.2, 0.25) is 0 Å². The molecule has 0 amide bonds. The molecule has 0 spiro atoms. The second kappa shape index (κ2) is 7.84. The Morgan fingerprint density at radius 2 is 2.11 bits per heavy atom. The molecular weight excluding hydrogens is 240 g/mol. The molecule has 4 nitrogen and oxygen atoms in total. The average molecular weight is 266 g/mol. The van der Waals surface area contributed by atoms with E-state index in [-0.39, 0.29) is 0 Å². The summed E-state index contributed by atoms with van der Waals surface area (Å²) >= 11 is 0. The second-order valence-corrected chi connectivity index (χ2v) is 5.77. The van der Waals surface area contributed by atoms with Crippen molar-refractivity contribution in [2.75, 3.05) is 26.3 Å². The normalized spacial score (nSPS) is 27.9. The van der Waals surface area contributed by atoms with Gasteiger partial charge in [0, 0.05) is 25.7 Å². The number of nitrogens with zero attached hydrogens (tertiary/aromatic N) is 2. The number of ether oxygens (including phenoxy) is 2. The lowest BCUT2D eigenvalue weighted by Gasteiger charge is -2.35. The Balaban J connectivity index is 1.62. The number of nitriles is 1. The van der Waals surface area contributed by atoms with Gasteiger partial charge in [-0.15, -0.1) is 0 Å². The first-order valence-electron chi connectivity index (χ1n) is 7.64. The third-order valence-electron chi connectivity index (χ3n) is 4.28. The van der Waals surface area contributed by atoms with Crippen LogP contribution in [0, 0.1) is 11.3 Å². The van der Waals surface area contributed by atoms with Gasteiger partial charge in [-0.05, 0) is 39.0 Å². The molecular formula is C15H26N2O2. The first-order chi connectivity index (χ1) is 9.29. The molecule has 2 aliphatic rings. The van der Waals surface area contributed by atoms with Crippen LogP contribution in [-0.4, -0.2) is 49.5 Å². The van der Waals surface area contributed by atoms with E-state index in [0.29, 0.717) is 24.7 Å². The maximum atomic E-state index is 8.73. The molecule has 19 heavy (non-hydrogen) atoms. The molecule has 2 aliphatic heterocycles. The predicted molar refractivity (Wildman–Crippen MR) is 73.8 cm³/mol. The summed E-state index contributed by atoms with van der Waals surface area (Å²) in [6, 6.07) is 2.64. The van der Waals surface area contributed by atoms with Gasteiger partial charge in [0.25, 0.3) is 0 Å². The highest BCUT2D eigenvalue weighted by atomic mass is 16.5. The lowest BCUT2D eigenvalue weighted by atomic mass is 10.0. The fourth-order valence-corrected chi connectivity index (χ4v) is 2.93. The van der Waals surface area contributed by atoms with Crippen LogP contribution in [0.5, 0.6) is 0 Å². The fraction of sp³-hybridized carbons (Fsp3) is 0.933. The minimum atomic E-state index is 0.323. The number of hydrogen-bond acceptors (Lipinski definition) is 4. The van der Waals surface area contributed by atoms with Crippen molar-refractivity contribution in [3.63, 3.8) is 0 Å². The zero-order valence-corrected chi connectivity index (χ0v) is 12.0. The second-order valence-electron chi connectivity index (χ2n) is 5.77. The van der Waals surface area contributed by atoms with Crippen LogP contribution in [-0.2, 0) is 9.47 Å². The van der Waals surface area contributed by atoms with Crippen LogP contribution in [0.15, 0.2) is 0 Å². The Kier molecular flexibility index (Phi) is 6.09. The van der Waals surface area contributed by atoms with Crippen LogP contribution >= 0.6 is 0 Å². The zero-order valence-electron chi connectivity index (χ0n) is 12.0. The summed E-state index contributed by atoms with van der Waals surface area (Å²) in [4.78, 5) is 2.40. The largest absolute Gasteiger partial charge is 0.376 e. The Hall–Kier alpha value is -0.630. The van der Waals surface area contributed by atoms with Crippen LogP contribution < -0.4 is 0 Å². The van der Waals surface area contributed by atoms with E-state index in [1.165, 1.54) is 12.8 Å². The Morgan fingerprint density at radius 1 is 1.32 bits per heavy atom. The zero-order chi connectivity index (χ0) is 13.5. The standard InChI is InChI=1S/C15H26N2O2/c1-13(5-8-16)17-9-6-14(7-10-17)19-12-15-4-2-3-11-18-15/h13-15H,2-7,9-12H2,1H3/t13-,15-/m1/s1. The lowest BCUT2D eigenvalue weighted by Crippen LogP contribution is -2.42. The Labute approximate surface area is 116 Å². The van der Waals surface area contributed by atoms with E-state index in [4.69, 9.17) is 14.7 Å². The van der Waals surface area contributed by atoms with E-state index in [1.807, 2.05) is 0 Å². The van der Waals surface area contributed by atoms with Gasteiger partial charge in [-0.25, -0.2) is 0 Å². The number of piperidine rings is 1. The number of likely N-dealkylation sites (tertiary alicyclic amines) is 1. The van der Waals surface area contributed by atoms with Crippen molar-refractivity contribution < 1.29 is 9.47 Å². The summed E-state index contributed by atoms with van der Waals surface area (Å²) in [5.41, 5.74) is 0. The van der Waals surface area contributed by atoms with Gasteiger partial charge in [0.05, 0.1) is 31.3 Å². The highest BCUT2D eigenvalue weighted by molar-refractivity contribution is 4.83. The monoisotopic (exact) mass is 266 g/mol. The van der Waals surface area contributed by atoms with Crippen molar-refractivity contribution >= 4 is 0 Å². The maximum Gasteiger partial charge on any atom is 0.0808 e. The van der Waals surface area contributed by atoms with Crippen LogP contribution in [0.4, 0.5) is 0 Å². The molecule has 4 heteroatoms. The Morgan fingerprint density at radius 3 is 2.74 bits per heavy atom. The first-order valence-corrected chi connectivity index (χ1v) is 7.64. The molecule has 0 aromatic carbocycles. The molecule has 2 fully saturated rings. The van der Waals surface area contributed by atoms with Gasteiger partial charge in [-0.2, -0.15) is 5.26 Å². The van der Waals surface area contributed by atoms with Crippen molar-refractivity contribution in [1.82, 2.24) is 4.90 Å². The molecule has 0 bridgehead atoms. The van der Waals surface area contributed by atoms with E-state index >= 15 is 0 Å². The van der Waals surface area contributed by atoms with Gasteiger partial charge in [-0.3, -0.25) is 4.90 Å². The topological polar surface area (TPSA) is 45.5 Å². The minimum Gasteiger partial charge on any atom is -0.376 e. The molecule has 2 rings (SSSR count). The van der Waals surface area contributed by atoms with Gasteiger partial charge in [0.2, 0.25) is 0 Å². The SMILES string of the molecule is C[C@H](CC#N)N1CCC(OC[C@H]2CCCCO2)CC1. The van der Waals surface area contributed by atoms with Crippen molar-refractivity contribution in [2.24, 2.45) is 0 Å². The maximum absolute atomic E-state index is 8.73. The molecule has 0 saturated carbocycles. The molecule has 2 saturated heterocycles. The highest BCUT2D eigenvalue weighted by Crippen LogP contribution is 2.19. The summed E-state index contributed by atoms with van der Waals surface area (Å²) in [7, 11) is 0. The third kappa shape index (κ3) is 4.76. The third-order valence-corrected chi connectivity index (χ3v) is 4.28. The molecule has 0 aromatic rings. The van der Waals surface area contributed by atoms with Crippen LogP contribution in [0.1, 0.15) is 45.4 Å². The Bertz CT molecular complexity index is 289. The number of hydrogen-bond donors (Lipinski definition) is 0. The van der Waals surface area contributed by atoms with E-state index in [2.05, 4.69) is 17.9 Å². The average Bonchev–Trinajstić information content (AvgIpc) is 2.47. The first kappa shape index (κ1) is 14.8. The molecule has 2 heterocycles. The molecule has 2 atom stereocenters. The summed E-state index contributed by atoms with van der Waals surface area (Å²) in [5.74, 6) is 0. The van der Waals surface area contributed by atoms with Gasteiger partial charge in [-0.1, -0.05) is 0 Å². The summed E-state index contributed by atoms with van der Waals surface area (Å²) in [5, 5.41) is 8.73. The van der Waals surface area contributed by atoms with Crippen molar-refractivity contribution in [2.45, 2.75) is 63.7 Å². The molecule has 108 valence electrons. The molecule has 0 N–H and O–H groups in total. The molecule has 0 radical (unpaired) electrons. The van der Waals surface area contributed by atoms with E-state index in [0.717, 1.165) is 45.6 Å². The van der Waals surface area contributed by atoms with Gasteiger partial charge >= 0.3 is 0 Å². The summed E-state index contributed by atoms with van der Waals surface area (Å²) in [6.45, 7) is 5.91. The van der Waals surface area contributed by atoms with Crippen molar-refractivity contribution in [3.8, 4) is 6.07 Å². The van der Waals surface area contributed by atoms with Crippen LogP contribution in [0.25, 0.3) is 0 Å². The van der Waals surface area contributed by atoms with Gasteiger partial charge in [0.1, 0.15) is 0 Å². The quantitative estimate of drug-likeness (QED) is 0.766. The highest BCUT2D eigenvalue weighted by Gasteiger charge is 2.24. The summed E-state index contributed by atoms with van der Waals surface area (Å²) < 4.78 is 11.7. The van der Waals surface area contributed by atoms with Crippen molar-refractivity contribution in [1.29, 1.82) is 5.26 Å². The fourth-order valence-electron chi connectivity index (χ4n) is 2.93. The molecule has 0 aliphatic carbocycles. The molecule has 0 unspecified atom stereocenters.